The Bertz CT molecular complexity index is 458. The number of guanidine groups is 1. The van der Waals surface area contributed by atoms with Gasteiger partial charge in [0.05, 0.1) is 6.54 Å². The van der Waals surface area contributed by atoms with Gasteiger partial charge in [-0.2, -0.15) is 0 Å². The van der Waals surface area contributed by atoms with Crippen LogP contribution in [0.15, 0.2) is 23.3 Å². The highest BCUT2D eigenvalue weighted by Crippen LogP contribution is 2.22. The summed E-state index contributed by atoms with van der Waals surface area (Å²) in [4.78, 5) is 13.0. The Hall–Kier alpha value is -1.05. The Morgan fingerprint density at radius 2 is 1.82 bits per heavy atom. The summed E-state index contributed by atoms with van der Waals surface area (Å²) in [5, 5.41) is 0. The largest absolute Gasteiger partial charge is 0.474 e. The number of aromatic nitrogens is 1. The van der Waals surface area contributed by atoms with Gasteiger partial charge in [-0.05, 0) is 31.2 Å². The molecule has 0 bridgehead atoms. The van der Waals surface area contributed by atoms with Crippen molar-refractivity contribution >= 4 is 29.9 Å². The number of aliphatic imine (C=N–C) groups is 1. The molecule has 5 nitrogen and oxygen atoms in total. The predicted octanol–water partition coefficient (Wildman–Crippen LogP) is 3.00. The van der Waals surface area contributed by atoms with E-state index in [0.29, 0.717) is 12.6 Å². The lowest BCUT2D eigenvalue weighted by molar-refractivity contribution is 0.201. The summed E-state index contributed by atoms with van der Waals surface area (Å²) in [5.74, 6) is 1.68. The summed E-state index contributed by atoms with van der Waals surface area (Å²) < 4.78 is 5.87. The first-order valence-electron chi connectivity index (χ1n) is 7.57. The van der Waals surface area contributed by atoms with E-state index in [1.54, 1.807) is 0 Å². The molecule has 1 saturated carbocycles. The van der Waals surface area contributed by atoms with E-state index in [9.17, 15) is 0 Å². The van der Waals surface area contributed by atoms with Crippen LogP contribution in [0.5, 0.6) is 5.88 Å². The van der Waals surface area contributed by atoms with Gasteiger partial charge < -0.3 is 14.5 Å². The van der Waals surface area contributed by atoms with Gasteiger partial charge in [-0.3, -0.25) is 0 Å². The maximum atomic E-state index is 5.87. The highest BCUT2D eigenvalue weighted by Gasteiger charge is 2.16. The van der Waals surface area contributed by atoms with Gasteiger partial charge >= 0.3 is 0 Å². The second-order valence-corrected chi connectivity index (χ2v) is 5.93. The average Bonchev–Trinajstić information content (AvgIpc) is 2.93. The third-order valence-corrected chi connectivity index (χ3v) is 3.59. The maximum absolute atomic E-state index is 5.87. The van der Waals surface area contributed by atoms with Gasteiger partial charge in [0.2, 0.25) is 5.88 Å². The van der Waals surface area contributed by atoms with Crippen molar-refractivity contribution in [1.82, 2.24) is 14.8 Å². The Kier molecular flexibility index (Phi) is 7.92. The van der Waals surface area contributed by atoms with Crippen molar-refractivity contribution in [2.45, 2.75) is 38.3 Å². The van der Waals surface area contributed by atoms with Crippen LogP contribution < -0.4 is 4.74 Å². The first-order valence-corrected chi connectivity index (χ1v) is 7.57. The molecule has 124 valence electrons. The summed E-state index contributed by atoms with van der Waals surface area (Å²) in [7, 11) is 7.98. The lowest BCUT2D eigenvalue weighted by Crippen LogP contribution is -2.35. The van der Waals surface area contributed by atoms with Crippen molar-refractivity contribution < 1.29 is 4.74 Å². The van der Waals surface area contributed by atoms with Crippen LogP contribution in [0.25, 0.3) is 0 Å². The monoisotopic (exact) mass is 418 g/mol. The fraction of sp³-hybridized carbons (Fsp3) is 0.625. The molecule has 1 aromatic heterocycles. The van der Waals surface area contributed by atoms with E-state index in [2.05, 4.69) is 9.98 Å². The summed E-state index contributed by atoms with van der Waals surface area (Å²) in [6.45, 7) is 0.627. The molecule has 0 saturated heterocycles. The van der Waals surface area contributed by atoms with Crippen LogP contribution in [0.4, 0.5) is 0 Å². The first-order chi connectivity index (χ1) is 10.1. The van der Waals surface area contributed by atoms with Gasteiger partial charge in [0.1, 0.15) is 6.10 Å². The minimum absolute atomic E-state index is 0. The normalized spacial score (nSPS) is 14.2. The van der Waals surface area contributed by atoms with Crippen LogP contribution in [0.2, 0.25) is 0 Å². The molecule has 1 aliphatic carbocycles. The molecule has 0 amide bonds. The topological polar surface area (TPSA) is 41.0 Å². The fourth-order valence-corrected chi connectivity index (χ4v) is 2.60. The Morgan fingerprint density at radius 1 is 1.18 bits per heavy atom. The molecule has 1 aliphatic rings. The Morgan fingerprint density at radius 3 is 2.32 bits per heavy atom. The number of hydrogen-bond donors (Lipinski definition) is 0. The predicted molar refractivity (Wildman–Crippen MR) is 101 cm³/mol. The minimum atomic E-state index is 0. The highest BCUT2D eigenvalue weighted by atomic mass is 127. The van der Waals surface area contributed by atoms with Gasteiger partial charge in [0.15, 0.2) is 5.96 Å². The van der Waals surface area contributed by atoms with Gasteiger partial charge in [-0.25, -0.2) is 9.98 Å². The van der Waals surface area contributed by atoms with Crippen LogP contribution in [-0.2, 0) is 6.54 Å². The minimum Gasteiger partial charge on any atom is -0.474 e. The number of nitrogens with zero attached hydrogens (tertiary/aromatic N) is 4. The highest BCUT2D eigenvalue weighted by molar-refractivity contribution is 14.0. The molecule has 1 aromatic rings. The second-order valence-electron chi connectivity index (χ2n) is 5.93. The zero-order valence-corrected chi connectivity index (χ0v) is 16.3. The Balaban J connectivity index is 0.00000242. The van der Waals surface area contributed by atoms with E-state index in [-0.39, 0.29) is 24.0 Å². The average molecular weight is 418 g/mol. The molecule has 1 heterocycles. The van der Waals surface area contributed by atoms with Crippen molar-refractivity contribution in [2.24, 2.45) is 4.99 Å². The number of ether oxygens (including phenoxy) is 1. The van der Waals surface area contributed by atoms with Crippen LogP contribution in [0, 0.1) is 0 Å². The summed E-state index contributed by atoms with van der Waals surface area (Å²) in [5.41, 5.74) is 1.09. The van der Waals surface area contributed by atoms with E-state index in [4.69, 9.17) is 4.74 Å². The SMILES string of the molecule is CN(C)C(=NCc1ccc(OC2CCCC2)nc1)N(C)C.I. The molecule has 1 fully saturated rings. The molecule has 0 aliphatic heterocycles. The zero-order chi connectivity index (χ0) is 15.2. The molecule has 6 heteroatoms. The molecule has 0 radical (unpaired) electrons. The van der Waals surface area contributed by atoms with Crippen molar-refractivity contribution in [3.63, 3.8) is 0 Å². The third kappa shape index (κ3) is 5.62. The lowest BCUT2D eigenvalue weighted by atomic mass is 10.3. The summed E-state index contributed by atoms with van der Waals surface area (Å²) >= 11 is 0. The van der Waals surface area contributed by atoms with E-state index >= 15 is 0 Å². The maximum Gasteiger partial charge on any atom is 0.213 e. The third-order valence-electron chi connectivity index (χ3n) is 3.59. The summed E-state index contributed by atoms with van der Waals surface area (Å²) in [6, 6.07) is 4.00. The van der Waals surface area contributed by atoms with Gasteiger partial charge in [-0.15, -0.1) is 24.0 Å². The van der Waals surface area contributed by atoms with E-state index in [1.807, 2.05) is 56.3 Å². The Labute approximate surface area is 150 Å². The quantitative estimate of drug-likeness (QED) is 0.428. The smallest absolute Gasteiger partial charge is 0.213 e. The zero-order valence-electron chi connectivity index (χ0n) is 14.0. The fourth-order valence-electron chi connectivity index (χ4n) is 2.60. The molecule has 22 heavy (non-hydrogen) atoms. The van der Waals surface area contributed by atoms with Crippen molar-refractivity contribution in [2.75, 3.05) is 28.2 Å². The van der Waals surface area contributed by atoms with Crippen LogP contribution in [0.1, 0.15) is 31.2 Å². The second kappa shape index (κ2) is 9.17. The van der Waals surface area contributed by atoms with E-state index < -0.39 is 0 Å². The van der Waals surface area contributed by atoms with Crippen LogP contribution in [0.3, 0.4) is 0 Å². The van der Waals surface area contributed by atoms with Crippen molar-refractivity contribution in [1.29, 1.82) is 0 Å². The van der Waals surface area contributed by atoms with Crippen molar-refractivity contribution in [3.8, 4) is 5.88 Å². The molecule has 0 aromatic carbocycles. The summed E-state index contributed by atoms with van der Waals surface area (Å²) in [6.07, 6.45) is 7.07. The van der Waals surface area contributed by atoms with Crippen LogP contribution >= 0.6 is 24.0 Å². The molecule has 0 atom stereocenters. The standard InChI is InChI=1S/C16H26N4O.HI/c1-19(2)16(20(3)4)18-12-13-9-10-15(17-11-13)21-14-7-5-6-8-14;/h9-11,14H,5-8,12H2,1-4H3;1H. The lowest BCUT2D eigenvalue weighted by Gasteiger charge is -2.22. The number of hydrogen-bond acceptors (Lipinski definition) is 3. The number of halogens is 1. The molecular weight excluding hydrogens is 391 g/mol. The molecule has 0 spiro atoms. The van der Waals surface area contributed by atoms with E-state index in [0.717, 1.165) is 30.2 Å². The first kappa shape index (κ1) is 19.0. The van der Waals surface area contributed by atoms with Gasteiger partial charge in [-0.1, -0.05) is 6.07 Å². The number of rotatable bonds is 4. The molecular formula is C16H27IN4O. The molecule has 0 N–H and O–H groups in total. The number of pyridine rings is 1. The van der Waals surface area contributed by atoms with Gasteiger partial charge in [0, 0.05) is 40.5 Å². The molecule has 2 rings (SSSR count). The molecule has 0 unspecified atom stereocenters. The van der Waals surface area contributed by atoms with E-state index in [1.165, 1.54) is 12.8 Å². The van der Waals surface area contributed by atoms with Gasteiger partial charge in [0.25, 0.3) is 0 Å². The van der Waals surface area contributed by atoms with Crippen molar-refractivity contribution in [3.05, 3.63) is 23.9 Å². The van der Waals surface area contributed by atoms with Crippen LogP contribution in [-0.4, -0.2) is 55.0 Å².